The highest BCUT2D eigenvalue weighted by Gasteiger charge is 2.26. The molecule has 3 heteroatoms. The van der Waals surface area contributed by atoms with Crippen LogP contribution in [-0.2, 0) is 0 Å². The molecule has 0 spiro atoms. The zero-order chi connectivity index (χ0) is 13.9. The first-order valence-corrected chi connectivity index (χ1v) is 7.10. The lowest BCUT2D eigenvalue weighted by Crippen LogP contribution is -2.32. The van der Waals surface area contributed by atoms with Gasteiger partial charge in [0.05, 0.1) is 0 Å². The topological polar surface area (TPSA) is 55.1 Å². The van der Waals surface area contributed by atoms with Crippen LogP contribution in [0, 0.1) is 11.3 Å². The maximum Gasteiger partial charge on any atom is 0.251 e. The van der Waals surface area contributed by atoms with Crippen molar-refractivity contribution in [2.24, 2.45) is 11.3 Å². The van der Waals surface area contributed by atoms with Gasteiger partial charge in [0.1, 0.15) is 0 Å². The summed E-state index contributed by atoms with van der Waals surface area (Å²) in [6.07, 6.45) is 4.95. The Morgan fingerprint density at radius 2 is 1.84 bits per heavy atom. The molecule has 0 unspecified atom stereocenters. The molecule has 3 N–H and O–H groups in total. The summed E-state index contributed by atoms with van der Waals surface area (Å²) in [5.41, 5.74) is 7.47. The molecule has 0 radical (unpaired) electrons. The van der Waals surface area contributed by atoms with E-state index in [1.165, 1.54) is 25.7 Å². The average molecular weight is 260 g/mol. The molecule has 2 rings (SSSR count). The minimum Gasteiger partial charge on any atom is -0.399 e. The highest BCUT2D eigenvalue weighted by molar-refractivity contribution is 5.94. The molecular formula is C16H24N2O. The molecule has 0 heterocycles. The first-order chi connectivity index (χ1) is 8.96. The standard InChI is InChI=1S/C16H24N2O/c1-16(2)9-7-12(8-10-16)11-18-15(19)13-3-5-14(17)6-4-13/h3-6,12H,7-11,17H2,1-2H3,(H,18,19). The number of nitrogens with two attached hydrogens (primary N) is 1. The SMILES string of the molecule is CC1(C)CCC(CNC(=O)c2ccc(N)cc2)CC1. The summed E-state index contributed by atoms with van der Waals surface area (Å²) in [6.45, 7) is 5.45. The smallest absolute Gasteiger partial charge is 0.251 e. The Bertz CT molecular complexity index is 427. The molecule has 0 atom stereocenters. The Labute approximate surface area is 115 Å². The average Bonchev–Trinajstić information content (AvgIpc) is 2.38. The van der Waals surface area contributed by atoms with E-state index in [4.69, 9.17) is 5.73 Å². The minimum atomic E-state index is 0.00448. The maximum absolute atomic E-state index is 12.0. The summed E-state index contributed by atoms with van der Waals surface area (Å²) in [4.78, 5) is 12.0. The lowest BCUT2D eigenvalue weighted by molar-refractivity contribution is 0.0936. The van der Waals surface area contributed by atoms with E-state index in [9.17, 15) is 4.79 Å². The number of hydrogen-bond acceptors (Lipinski definition) is 2. The Balaban J connectivity index is 1.80. The molecular weight excluding hydrogens is 236 g/mol. The van der Waals surface area contributed by atoms with E-state index in [1.54, 1.807) is 24.3 Å². The van der Waals surface area contributed by atoms with Gasteiger partial charge < -0.3 is 11.1 Å². The van der Waals surface area contributed by atoms with Crippen LogP contribution in [0.4, 0.5) is 5.69 Å². The van der Waals surface area contributed by atoms with Crippen molar-refractivity contribution in [1.29, 1.82) is 0 Å². The first-order valence-electron chi connectivity index (χ1n) is 7.10. The molecule has 1 aliphatic carbocycles. The van der Waals surface area contributed by atoms with Crippen molar-refractivity contribution in [3.63, 3.8) is 0 Å². The first kappa shape index (κ1) is 13.9. The van der Waals surface area contributed by atoms with Crippen LogP contribution in [0.2, 0.25) is 0 Å². The third-order valence-electron chi connectivity index (χ3n) is 4.18. The van der Waals surface area contributed by atoms with Gasteiger partial charge in [0.15, 0.2) is 0 Å². The highest BCUT2D eigenvalue weighted by atomic mass is 16.1. The molecule has 1 saturated carbocycles. The summed E-state index contributed by atoms with van der Waals surface area (Å²) in [7, 11) is 0. The van der Waals surface area contributed by atoms with Gasteiger partial charge in [-0.1, -0.05) is 13.8 Å². The van der Waals surface area contributed by atoms with Crippen LogP contribution in [0.3, 0.4) is 0 Å². The Morgan fingerprint density at radius 1 is 1.26 bits per heavy atom. The van der Waals surface area contributed by atoms with Crippen molar-refractivity contribution in [3.8, 4) is 0 Å². The molecule has 19 heavy (non-hydrogen) atoms. The van der Waals surface area contributed by atoms with Crippen molar-refractivity contribution in [2.45, 2.75) is 39.5 Å². The number of rotatable bonds is 3. The van der Waals surface area contributed by atoms with E-state index in [0.29, 0.717) is 22.6 Å². The van der Waals surface area contributed by atoms with Gasteiger partial charge in [-0.05, 0) is 61.3 Å². The predicted octanol–water partition coefficient (Wildman–Crippen LogP) is 3.22. The predicted molar refractivity (Wildman–Crippen MR) is 78.9 cm³/mol. The van der Waals surface area contributed by atoms with Crippen molar-refractivity contribution in [3.05, 3.63) is 29.8 Å². The van der Waals surface area contributed by atoms with Gasteiger partial charge in [-0.25, -0.2) is 0 Å². The van der Waals surface area contributed by atoms with E-state index in [0.717, 1.165) is 6.54 Å². The minimum absolute atomic E-state index is 0.00448. The lowest BCUT2D eigenvalue weighted by atomic mass is 9.73. The van der Waals surface area contributed by atoms with E-state index in [2.05, 4.69) is 19.2 Å². The van der Waals surface area contributed by atoms with Crippen LogP contribution in [-0.4, -0.2) is 12.5 Å². The van der Waals surface area contributed by atoms with Crippen molar-refractivity contribution >= 4 is 11.6 Å². The Kier molecular flexibility index (Phi) is 4.13. The fraction of sp³-hybridized carbons (Fsp3) is 0.562. The summed E-state index contributed by atoms with van der Waals surface area (Å²) >= 11 is 0. The van der Waals surface area contributed by atoms with Crippen LogP contribution in [0.15, 0.2) is 24.3 Å². The van der Waals surface area contributed by atoms with Gasteiger partial charge >= 0.3 is 0 Å². The molecule has 0 aromatic heterocycles. The van der Waals surface area contributed by atoms with Gasteiger partial charge in [0.2, 0.25) is 0 Å². The zero-order valence-corrected chi connectivity index (χ0v) is 11.9. The lowest BCUT2D eigenvalue weighted by Gasteiger charge is -2.34. The molecule has 104 valence electrons. The second-order valence-electron chi connectivity index (χ2n) is 6.44. The molecule has 1 amide bonds. The second-order valence-corrected chi connectivity index (χ2v) is 6.44. The molecule has 1 aromatic rings. The van der Waals surface area contributed by atoms with E-state index >= 15 is 0 Å². The summed E-state index contributed by atoms with van der Waals surface area (Å²) in [5, 5.41) is 3.04. The number of carbonyl (C=O) groups excluding carboxylic acids is 1. The summed E-state index contributed by atoms with van der Waals surface area (Å²) in [6, 6.07) is 7.07. The summed E-state index contributed by atoms with van der Waals surface area (Å²) < 4.78 is 0. The monoisotopic (exact) mass is 260 g/mol. The van der Waals surface area contributed by atoms with E-state index in [-0.39, 0.29) is 5.91 Å². The summed E-state index contributed by atoms with van der Waals surface area (Å²) in [5.74, 6) is 0.635. The van der Waals surface area contributed by atoms with E-state index in [1.807, 2.05) is 0 Å². The number of hydrogen-bond donors (Lipinski definition) is 2. The molecule has 0 bridgehead atoms. The van der Waals surface area contributed by atoms with Crippen LogP contribution in [0.25, 0.3) is 0 Å². The van der Waals surface area contributed by atoms with Gasteiger partial charge in [-0.3, -0.25) is 4.79 Å². The number of amides is 1. The number of carbonyl (C=O) groups is 1. The normalized spacial score (nSPS) is 19.1. The van der Waals surface area contributed by atoms with Crippen LogP contribution in [0.1, 0.15) is 49.9 Å². The van der Waals surface area contributed by atoms with Gasteiger partial charge in [0.25, 0.3) is 5.91 Å². The maximum atomic E-state index is 12.0. The molecule has 0 aliphatic heterocycles. The number of nitrogens with one attached hydrogen (secondary N) is 1. The molecule has 1 aromatic carbocycles. The Morgan fingerprint density at radius 3 is 2.42 bits per heavy atom. The van der Waals surface area contributed by atoms with Gasteiger partial charge in [0, 0.05) is 17.8 Å². The third-order valence-corrected chi connectivity index (χ3v) is 4.18. The number of anilines is 1. The fourth-order valence-corrected chi connectivity index (χ4v) is 2.64. The van der Waals surface area contributed by atoms with Crippen LogP contribution >= 0.6 is 0 Å². The van der Waals surface area contributed by atoms with Crippen molar-refractivity contribution in [2.75, 3.05) is 12.3 Å². The Hall–Kier alpha value is -1.51. The largest absolute Gasteiger partial charge is 0.399 e. The zero-order valence-electron chi connectivity index (χ0n) is 11.9. The molecule has 3 nitrogen and oxygen atoms in total. The van der Waals surface area contributed by atoms with Crippen LogP contribution in [0.5, 0.6) is 0 Å². The fourth-order valence-electron chi connectivity index (χ4n) is 2.64. The second kappa shape index (κ2) is 5.64. The molecule has 1 fully saturated rings. The number of benzene rings is 1. The third kappa shape index (κ3) is 3.98. The quantitative estimate of drug-likeness (QED) is 0.820. The van der Waals surface area contributed by atoms with Crippen molar-refractivity contribution in [1.82, 2.24) is 5.32 Å². The van der Waals surface area contributed by atoms with Crippen molar-refractivity contribution < 1.29 is 4.79 Å². The number of nitrogen functional groups attached to an aromatic ring is 1. The molecule has 0 saturated heterocycles. The van der Waals surface area contributed by atoms with Crippen LogP contribution < -0.4 is 11.1 Å². The van der Waals surface area contributed by atoms with Gasteiger partial charge in [-0.2, -0.15) is 0 Å². The molecule has 1 aliphatic rings. The van der Waals surface area contributed by atoms with Gasteiger partial charge in [-0.15, -0.1) is 0 Å². The highest BCUT2D eigenvalue weighted by Crippen LogP contribution is 2.37. The van der Waals surface area contributed by atoms with E-state index < -0.39 is 0 Å².